The average molecular weight is 601 g/mol. The van der Waals surface area contributed by atoms with Crippen LogP contribution in [0.15, 0.2) is 142 Å². The van der Waals surface area contributed by atoms with E-state index >= 15 is 0 Å². The van der Waals surface area contributed by atoms with Gasteiger partial charge >= 0.3 is 0 Å². The monoisotopic (exact) mass is 600 g/mol. The van der Waals surface area contributed by atoms with E-state index in [1.54, 1.807) is 19.9 Å². The van der Waals surface area contributed by atoms with E-state index in [4.69, 9.17) is 4.74 Å². The van der Waals surface area contributed by atoms with Crippen LogP contribution in [0.5, 0.6) is 0 Å². The first-order chi connectivity index (χ1) is 20.6. The summed E-state index contributed by atoms with van der Waals surface area (Å²) in [5.74, 6) is -2.06. The van der Waals surface area contributed by atoms with E-state index in [0.717, 1.165) is 42.4 Å². The highest BCUT2D eigenvalue weighted by Gasteiger charge is 2.39. The first-order valence-corrected chi connectivity index (χ1v) is 15.6. The van der Waals surface area contributed by atoms with Gasteiger partial charge in [0, 0.05) is 7.11 Å². The molecule has 3 heteroatoms. The Kier molecular flexibility index (Phi) is 20.7. The summed E-state index contributed by atoms with van der Waals surface area (Å²) in [5.41, 5.74) is 7.52. The van der Waals surface area contributed by atoms with Crippen molar-refractivity contribution >= 4 is 0 Å². The van der Waals surface area contributed by atoms with Crippen molar-refractivity contribution in [1.82, 2.24) is 0 Å². The van der Waals surface area contributed by atoms with E-state index in [1.165, 1.54) is 35.5 Å². The normalized spacial score (nSPS) is 15.8. The fraction of sp³-hybridized carbons (Fsp3) is 0.415. The number of hydrogen-bond acceptors (Lipinski definition) is 3. The van der Waals surface area contributed by atoms with Gasteiger partial charge in [0.05, 0.1) is 0 Å². The molecule has 0 aromatic rings. The molecule has 242 valence electrons. The number of rotatable bonds is 18. The molecule has 0 aromatic carbocycles. The van der Waals surface area contributed by atoms with Crippen molar-refractivity contribution in [2.24, 2.45) is 0 Å². The molecule has 0 rings (SSSR count). The van der Waals surface area contributed by atoms with Gasteiger partial charge in [-0.1, -0.05) is 136 Å². The van der Waals surface area contributed by atoms with E-state index < -0.39 is 11.4 Å². The van der Waals surface area contributed by atoms with Gasteiger partial charge < -0.3 is 14.9 Å². The maximum absolute atomic E-state index is 10.2. The van der Waals surface area contributed by atoms with E-state index in [1.807, 2.05) is 38.2 Å². The lowest BCUT2D eigenvalue weighted by Crippen LogP contribution is -2.49. The summed E-state index contributed by atoms with van der Waals surface area (Å²) in [7, 11) is 1.45. The maximum Gasteiger partial charge on any atom is 0.212 e. The second kappa shape index (κ2) is 22.3. The summed E-state index contributed by atoms with van der Waals surface area (Å²) in [4.78, 5) is 0. The van der Waals surface area contributed by atoms with Gasteiger partial charge in [-0.15, -0.1) is 0 Å². The van der Waals surface area contributed by atoms with Crippen LogP contribution in [0, 0.1) is 0 Å². The molecule has 0 atom stereocenters. The van der Waals surface area contributed by atoms with Crippen LogP contribution in [0.2, 0.25) is 0 Å². The fourth-order valence-corrected chi connectivity index (χ4v) is 3.62. The van der Waals surface area contributed by atoms with Gasteiger partial charge in [0.25, 0.3) is 0 Å². The molecule has 0 saturated carbocycles. The predicted octanol–water partition coefficient (Wildman–Crippen LogP) is 11.1. The average Bonchev–Trinajstić information content (AvgIpc) is 2.94. The van der Waals surface area contributed by atoms with Crippen LogP contribution < -0.4 is 0 Å². The summed E-state index contributed by atoms with van der Waals surface area (Å²) in [6.07, 6.45) is 39.0. The van der Waals surface area contributed by atoms with Crippen molar-refractivity contribution in [2.45, 2.75) is 106 Å². The molecule has 0 saturated heterocycles. The van der Waals surface area contributed by atoms with E-state index in [9.17, 15) is 10.2 Å². The highest BCUT2D eigenvalue weighted by molar-refractivity contribution is 5.32. The van der Waals surface area contributed by atoms with Crippen LogP contribution in [0.25, 0.3) is 0 Å². The summed E-state index contributed by atoms with van der Waals surface area (Å²) in [6, 6.07) is 0. The molecule has 0 spiro atoms. The molecule has 0 fully saturated rings. The van der Waals surface area contributed by atoms with Gasteiger partial charge in [-0.05, 0) is 101 Å². The number of hydrogen-bond donors (Lipinski definition) is 2. The summed E-state index contributed by atoms with van der Waals surface area (Å²) >= 11 is 0. The van der Waals surface area contributed by atoms with Crippen LogP contribution >= 0.6 is 0 Å². The molecule has 0 amide bonds. The molecular weight excluding hydrogens is 540 g/mol. The molecule has 0 aliphatic carbocycles. The molecule has 0 aliphatic heterocycles. The third-order valence-electron chi connectivity index (χ3n) is 7.10. The number of aliphatic hydroxyl groups is 2. The minimum Gasteiger partial charge on any atom is -0.373 e. The van der Waals surface area contributed by atoms with Gasteiger partial charge in [0.15, 0.2) is 0 Å². The van der Waals surface area contributed by atoms with Gasteiger partial charge in [-0.25, -0.2) is 0 Å². The predicted molar refractivity (Wildman–Crippen MR) is 194 cm³/mol. The Bertz CT molecular complexity index is 1240. The quantitative estimate of drug-likeness (QED) is 0.0934. The van der Waals surface area contributed by atoms with Crippen LogP contribution in [0.4, 0.5) is 0 Å². The van der Waals surface area contributed by atoms with Crippen LogP contribution in [-0.4, -0.2) is 28.7 Å². The third-order valence-corrected chi connectivity index (χ3v) is 7.10. The molecular formula is C41H60O3. The second-order valence-corrected chi connectivity index (χ2v) is 12.3. The molecule has 2 N–H and O–H groups in total. The largest absolute Gasteiger partial charge is 0.373 e. The van der Waals surface area contributed by atoms with E-state index in [2.05, 4.69) is 108 Å². The zero-order valence-corrected chi connectivity index (χ0v) is 29.4. The summed E-state index contributed by atoms with van der Waals surface area (Å²) in [5, 5.41) is 20.4. The number of methoxy groups -OCH3 is 1. The minimum absolute atomic E-state index is 0.890. The first-order valence-electron chi connectivity index (χ1n) is 15.6. The van der Waals surface area contributed by atoms with Crippen molar-refractivity contribution in [2.75, 3.05) is 7.11 Å². The van der Waals surface area contributed by atoms with Crippen molar-refractivity contribution < 1.29 is 14.9 Å². The highest BCUT2D eigenvalue weighted by Crippen LogP contribution is 2.24. The lowest BCUT2D eigenvalue weighted by molar-refractivity contribution is -0.238. The van der Waals surface area contributed by atoms with Crippen LogP contribution in [-0.2, 0) is 4.74 Å². The van der Waals surface area contributed by atoms with Crippen LogP contribution in [0.1, 0.15) is 94.9 Å². The van der Waals surface area contributed by atoms with Crippen molar-refractivity contribution in [3.8, 4) is 0 Å². The molecule has 0 radical (unpaired) electrons. The molecule has 0 heterocycles. The molecule has 0 bridgehead atoms. The Balaban J connectivity index is 4.79. The van der Waals surface area contributed by atoms with Gasteiger partial charge in [0.1, 0.15) is 5.60 Å². The Labute approximate surface area is 270 Å². The standard InChI is InChI=1S/C41H60O3/c1-33(2)19-14-22-36(5)25-17-28-37(6)26-15-23-34(3)20-12-13-21-35(4)24-16-27-38(7)29-18-30-39(8)31-32-41(42,43)40(9,10)44-11/h12-13,15-16,18-21,23-27,29-32,42-43H,14,17,22,28H2,1-11H3/b13-12+,23-15+,24-16+,29-18+,32-31+,34-20+,35-21+,36-25+,37-26+,38-27+,39-30+. The summed E-state index contributed by atoms with van der Waals surface area (Å²) < 4.78 is 5.17. The Morgan fingerprint density at radius 2 is 0.955 bits per heavy atom. The molecule has 0 aromatic heterocycles. The fourth-order valence-electron chi connectivity index (χ4n) is 3.62. The number of allylic oxidation sites excluding steroid dienone is 23. The second-order valence-electron chi connectivity index (χ2n) is 12.3. The zero-order chi connectivity index (χ0) is 33.6. The summed E-state index contributed by atoms with van der Waals surface area (Å²) in [6.45, 7) is 20.1. The van der Waals surface area contributed by atoms with Gasteiger partial charge in [-0.3, -0.25) is 0 Å². The van der Waals surface area contributed by atoms with Crippen molar-refractivity contribution in [3.05, 3.63) is 142 Å². The minimum atomic E-state index is -2.06. The zero-order valence-electron chi connectivity index (χ0n) is 29.4. The van der Waals surface area contributed by atoms with Gasteiger partial charge in [0.2, 0.25) is 5.79 Å². The molecule has 0 aliphatic rings. The van der Waals surface area contributed by atoms with E-state index in [0.29, 0.717) is 0 Å². The Hall–Kier alpha value is -3.24. The number of ether oxygens (including phenoxy) is 1. The Morgan fingerprint density at radius 3 is 1.43 bits per heavy atom. The maximum atomic E-state index is 10.2. The van der Waals surface area contributed by atoms with Crippen molar-refractivity contribution in [3.63, 3.8) is 0 Å². The molecule has 44 heavy (non-hydrogen) atoms. The highest BCUT2D eigenvalue weighted by atomic mass is 16.6. The Morgan fingerprint density at radius 1 is 0.545 bits per heavy atom. The third kappa shape index (κ3) is 20.6. The van der Waals surface area contributed by atoms with Crippen molar-refractivity contribution in [1.29, 1.82) is 0 Å². The smallest absolute Gasteiger partial charge is 0.212 e. The SMILES string of the molecule is COC(C)(C)C(O)(O)/C=C/C(C)=C/C=C/C(C)=C/C=C/C(C)=C/C=C/C=C(C)/C=C/C=C(\C)CC/C=C(\C)CCC=C(C)C. The lowest BCUT2D eigenvalue weighted by atomic mass is 9.96. The van der Waals surface area contributed by atoms with Crippen LogP contribution in [0.3, 0.4) is 0 Å². The molecule has 3 nitrogen and oxygen atoms in total. The van der Waals surface area contributed by atoms with E-state index in [-0.39, 0.29) is 0 Å². The topological polar surface area (TPSA) is 49.7 Å². The molecule has 0 unspecified atom stereocenters. The lowest BCUT2D eigenvalue weighted by Gasteiger charge is -2.34. The first kappa shape index (κ1) is 40.8. The van der Waals surface area contributed by atoms with Gasteiger partial charge in [-0.2, -0.15) is 0 Å².